The molecular formula is C24H36ClN3O2. The summed E-state index contributed by atoms with van der Waals surface area (Å²) < 4.78 is 1.67. The van der Waals surface area contributed by atoms with Crippen LogP contribution in [0.3, 0.4) is 0 Å². The molecule has 0 fully saturated rings. The van der Waals surface area contributed by atoms with E-state index < -0.39 is 0 Å². The second-order valence-electron chi connectivity index (χ2n) is 7.96. The fourth-order valence-electron chi connectivity index (χ4n) is 3.95. The first-order valence-corrected chi connectivity index (χ1v) is 11.8. The van der Waals surface area contributed by atoms with Crippen LogP contribution in [0.15, 0.2) is 23.0 Å². The molecular weight excluding hydrogens is 398 g/mol. The number of hydrogen-bond acceptors (Lipinski definition) is 3. The van der Waals surface area contributed by atoms with Gasteiger partial charge in [-0.25, -0.2) is 4.98 Å². The summed E-state index contributed by atoms with van der Waals surface area (Å²) in [6, 6.07) is 4.93. The Balaban J connectivity index is 2.24. The van der Waals surface area contributed by atoms with Crippen molar-refractivity contribution in [3.05, 3.63) is 39.4 Å². The Labute approximate surface area is 185 Å². The lowest BCUT2D eigenvalue weighted by Crippen LogP contribution is -2.38. The zero-order valence-electron chi connectivity index (χ0n) is 18.9. The molecule has 1 heterocycles. The topological polar surface area (TPSA) is 55.2 Å². The molecule has 0 saturated carbocycles. The number of rotatable bonds is 12. The lowest BCUT2D eigenvalue weighted by molar-refractivity contribution is -0.133. The third-order valence-corrected chi connectivity index (χ3v) is 5.87. The Hall–Kier alpha value is -1.88. The molecule has 0 bridgehead atoms. The first-order chi connectivity index (χ1) is 14.4. The van der Waals surface area contributed by atoms with Gasteiger partial charge in [-0.2, -0.15) is 0 Å². The Bertz CT molecular complexity index is 894. The van der Waals surface area contributed by atoms with Crippen molar-refractivity contribution in [1.29, 1.82) is 0 Å². The maximum Gasteiger partial charge on any atom is 0.261 e. The van der Waals surface area contributed by atoms with Gasteiger partial charge in [0.1, 0.15) is 5.82 Å². The SMILES string of the molecule is CCCCCCCCC(=O)N(CCC)C(C)c1nc2ccc(Cl)cc2c(=O)n1CC. The van der Waals surface area contributed by atoms with E-state index in [2.05, 4.69) is 13.8 Å². The Morgan fingerprint density at radius 1 is 1.10 bits per heavy atom. The van der Waals surface area contributed by atoms with Crippen LogP contribution in [-0.4, -0.2) is 26.9 Å². The molecule has 1 aromatic carbocycles. The van der Waals surface area contributed by atoms with Crippen LogP contribution in [-0.2, 0) is 11.3 Å². The van der Waals surface area contributed by atoms with E-state index in [4.69, 9.17) is 16.6 Å². The lowest BCUT2D eigenvalue weighted by Gasteiger charge is -2.30. The van der Waals surface area contributed by atoms with Gasteiger partial charge in [-0.1, -0.05) is 57.6 Å². The van der Waals surface area contributed by atoms with Crippen molar-refractivity contribution in [2.45, 2.75) is 91.6 Å². The number of nitrogens with zero attached hydrogens (tertiary/aromatic N) is 3. The Morgan fingerprint density at radius 2 is 1.80 bits per heavy atom. The highest BCUT2D eigenvalue weighted by molar-refractivity contribution is 6.31. The standard InChI is InChI=1S/C24H36ClN3O2/c1-5-8-9-10-11-12-13-22(29)28(16-6-2)18(4)23-26-21-15-14-19(25)17-20(21)24(30)27(23)7-3/h14-15,17-18H,5-13,16H2,1-4H3. The number of carbonyl (C=O) groups is 1. The first kappa shape index (κ1) is 24.4. The van der Waals surface area contributed by atoms with Gasteiger partial charge in [0.05, 0.1) is 16.9 Å². The number of aromatic nitrogens is 2. The van der Waals surface area contributed by atoms with Gasteiger partial charge < -0.3 is 4.90 Å². The van der Waals surface area contributed by atoms with E-state index in [0.717, 1.165) is 19.3 Å². The summed E-state index contributed by atoms with van der Waals surface area (Å²) in [5, 5.41) is 1.03. The summed E-state index contributed by atoms with van der Waals surface area (Å²) >= 11 is 6.08. The van der Waals surface area contributed by atoms with Crippen molar-refractivity contribution >= 4 is 28.4 Å². The molecule has 166 valence electrons. The summed E-state index contributed by atoms with van der Waals surface area (Å²) in [6.07, 6.45) is 8.35. The van der Waals surface area contributed by atoms with Crippen molar-refractivity contribution in [3.8, 4) is 0 Å². The Kier molecular flexibility index (Phi) is 9.83. The summed E-state index contributed by atoms with van der Waals surface area (Å²) in [5.74, 6) is 0.787. The van der Waals surface area contributed by atoms with Crippen molar-refractivity contribution in [2.24, 2.45) is 0 Å². The van der Waals surface area contributed by atoms with Gasteiger partial charge in [-0.3, -0.25) is 14.2 Å². The van der Waals surface area contributed by atoms with Crippen LogP contribution >= 0.6 is 11.6 Å². The minimum atomic E-state index is -0.259. The van der Waals surface area contributed by atoms with Gasteiger partial charge in [-0.05, 0) is 44.9 Å². The molecule has 1 unspecified atom stereocenters. The van der Waals surface area contributed by atoms with Gasteiger partial charge in [0.2, 0.25) is 5.91 Å². The number of halogens is 1. The molecule has 0 aliphatic heterocycles. The second-order valence-corrected chi connectivity index (χ2v) is 8.40. The van der Waals surface area contributed by atoms with E-state index in [9.17, 15) is 9.59 Å². The van der Waals surface area contributed by atoms with Crippen molar-refractivity contribution < 1.29 is 4.79 Å². The monoisotopic (exact) mass is 433 g/mol. The third-order valence-electron chi connectivity index (χ3n) is 5.63. The fourth-order valence-corrected chi connectivity index (χ4v) is 4.12. The molecule has 0 aliphatic carbocycles. The third kappa shape index (κ3) is 6.07. The summed E-state index contributed by atoms with van der Waals surface area (Å²) in [6.45, 7) is 9.34. The van der Waals surface area contributed by atoms with Crippen LogP contribution < -0.4 is 5.56 Å². The zero-order chi connectivity index (χ0) is 22.1. The minimum absolute atomic E-state index is 0.105. The van der Waals surface area contributed by atoms with Gasteiger partial charge in [0, 0.05) is 24.5 Å². The minimum Gasteiger partial charge on any atom is -0.333 e. The molecule has 2 rings (SSSR count). The number of fused-ring (bicyclic) bond motifs is 1. The molecule has 6 heteroatoms. The van der Waals surface area contributed by atoms with Crippen LogP contribution in [0.25, 0.3) is 10.9 Å². The summed E-state index contributed by atoms with van der Waals surface area (Å²) in [5.41, 5.74) is 0.516. The average molecular weight is 434 g/mol. The van der Waals surface area contributed by atoms with Crippen LogP contribution in [0.2, 0.25) is 5.02 Å². The average Bonchev–Trinajstić information content (AvgIpc) is 2.74. The number of benzene rings is 1. The molecule has 1 aromatic heterocycles. The molecule has 30 heavy (non-hydrogen) atoms. The van der Waals surface area contributed by atoms with E-state index in [1.807, 2.05) is 18.7 Å². The van der Waals surface area contributed by atoms with Crippen LogP contribution in [0, 0.1) is 0 Å². The van der Waals surface area contributed by atoms with Gasteiger partial charge in [-0.15, -0.1) is 0 Å². The Morgan fingerprint density at radius 3 is 2.47 bits per heavy atom. The van der Waals surface area contributed by atoms with Gasteiger partial charge in [0.25, 0.3) is 5.56 Å². The van der Waals surface area contributed by atoms with Crippen molar-refractivity contribution in [2.75, 3.05) is 6.54 Å². The molecule has 0 aliphatic rings. The molecule has 1 amide bonds. The largest absolute Gasteiger partial charge is 0.333 e. The normalized spacial score (nSPS) is 12.3. The van der Waals surface area contributed by atoms with Crippen LogP contribution in [0.1, 0.15) is 90.9 Å². The second kappa shape index (κ2) is 12.1. The van der Waals surface area contributed by atoms with Gasteiger partial charge in [0.15, 0.2) is 0 Å². The molecule has 0 saturated heterocycles. The van der Waals surface area contributed by atoms with Crippen LogP contribution in [0.5, 0.6) is 0 Å². The number of unbranched alkanes of at least 4 members (excludes halogenated alkanes) is 5. The van der Waals surface area contributed by atoms with Crippen LogP contribution in [0.4, 0.5) is 0 Å². The molecule has 0 N–H and O–H groups in total. The number of carbonyl (C=O) groups excluding carboxylic acids is 1. The van der Waals surface area contributed by atoms with E-state index in [0.29, 0.717) is 41.3 Å². The molecule has 5 nitrogen and oxygen atoms in total. The maximum atomic E-state index is 13.0. The highest BCUT2D eigenvalue weighted by Crippen LogP contribution is 2.23. The quantitative estimate of drug-likeness (QED) is 0.379. The molecule has 1 atom stereocenters. The predicted octanol–water partition coefficient (Wildman–Crippen LogP) is 6.12. The first-order valence-electron chi connectivity index (χ1n) is 11.4. The smallest absolute Gasteiger partial charge is 0.261 e. The highest BCUT2D eigenvalue weighted by Gasteiger charge is 2.25. The van der Waals surface area contributed by atoms with E-state index in [1.165, 1.54) is 25.7 Å². The molecule has 0 spiro atoms. The fraction of sp³-hybridized carbons (Fsp3) is 0.625. The zero-order valence-corrected chi connectivity index (χ0v) is 19.7. The predicted molar refractivity (Wildman–Crippen MR) is 125 cm³/mol. The number of amides is 1. The summed E-state index contributed by atoms with van der Waals surface area (Å²) in [4.78, 5) is 32.7. The van der Waals surface area contributed by atoms with E-state index in [1.54, 1.807) is 22.8 Å². The molecule has 0 radical (unpaired) electrons. The summed E-state index contributed by atoms with van der Waals surface area (Å²) in [7, 11) is 0. The number of hydrogen-bond donors (Lipinski definition) is 0. The van der Waals surface area contributed by atoms with E-state index in [-0.39, 0.29) is 17.5 Å². The van der Waals surface area contributed by atoms with Crippen molar-refractivity contribution in [1.82, 2.24) is 14.5 Å². The highest BCUT2D eigenvalue weighted by atomic mass is 35.5. The van der Waals surface area contributed by atoms with E-state index >= 15 is 0 Å². The molecule has 2 aromatic rings. The van der Waals surface area contributed by atoms with Gasteiger partial charge >= 0.3 is 0 Å². The van der Waals surface area contributed by atoms with Crippen molar-refractivity contribution in [3.63, 3.8) is 0 Å². The maximum absolute atomic E-state index is 13.0. The lowest BCUT2D eigenvalue weighted by atomic mass is 10.1.